The molecule has 2 amide bonds. The molecule has 38 heavy (non-hydrogen) atoms. The molecule has 0 saturated carbocycles. The Bertz CT molecular complexity index is 1570. The smallest absolute Gasteiger partial charge is 0.278 e. The molecule has 2 aromatic carbocycles. The Hall–Kier alpha value is -5.23. The Labute approximate surface area is 219 Å². The van der Waals surface area contributed by atoms with E-state index in [1.807, 2.05) is 60.7 Å². The number of amides is 2. The lowest BCUT2D eigenvalue weighted by Gasteiger charge is -2.26. The third-order valence-electron chi connectivity index (χ3n) is 6.21. The first-order valence-electron chi connectivity index (χ1n) is 12.1. The zero-order valence-corrected chi connectivity index (χ0v) is 20.7. The number of hydrogen-bond acceptors (Lipinski definition) is 6. The fraction of sp³-hybridized carbons (Fsp3) is 0.138. The van der Waals surface area contributed by atoms with Crippen molar-refractivity contribution in [3.8, 4) is 17.5 Å². The monoisotopic (exact) mass is 503 g/mol. The second-order valence-electron chi connectivity index (χ2n) is 8.81. The normalized spacial score (nSPS) is 13.7. The van der Waals surface area contributed by atoms with Crippen molar-refractivity contribution in [1.82, 2.24) is 25.2 Å². The largest absolute Gasteiger partial charge is 0.368 e. The number of H-pyrrole nitrogens is 1. The van der Waals surface area contributed by atoms with Crippen LogP contribution in [0.15, 0.2) is 91.3 Å². The third-order valence-corrected chi connectivity index (χ3v) is 6.21. The highest BCUT2D eigenvalue weighted by molar-refractivity contribution is 6.01. The van der Waals surface area contributed by atoms with E-state index in [1.165, 1.54) is 11.8 Å². The molecule has 0 radical (unpaired) electrons. The van der Waals surface area contributed by atoms with Crippen molar-refractivity contribution >= 4 is 28.7 Å². The van der Waals surface area contributed by atoms with Gasteiger partial charge >= 0.3 is 0 Å². The molecule has 188 valence electrons. The molecule has 2 aromatic heterocycles. The summed E-state index contributed by atoms with van der Waals surface area (Å²) in [5.41, 5.74) is 1.54. The Morgan fingerprint density at radius 2 is 1.68 bits per heavy atom. The second kappa shape index (κ2) is 10.4. The van der Waals surface area contributed by atoms with E-state index in [0.29, 0.717) is 41.5 Å². The van der Waals surface area contributed by atoms with E-state index in [0.717, 1.165) is 11.1 Å². The Kier molecular flexibility index (Phi) is 6.70. The maximum atomic E-state index is 13.4. The van der Waals surface area contributed by atoms with Crippen LogP contribution in [0.1, 0.15) is 23.0 Å². The van der Waals surface area contributed by atoms with Gasteiger partial charge in [-0.15, -0.1) is 0 Å². The average Bonchev–Trinajstić information content (AvgIpc) is 3.40. The molecule has 0 spiro atoms. The molecule has 1 aliphatic rings. The van der Waals surface area contributed by atoms with E-state index in [1.54, 1.807) is 30.6 Å². The second-order valence-corrected chi connectivity index (χ2v) is 8.81. The van der Waals surface area contributed by atoms with E-state index in [2.05, 4.69) is 26.7 Å². The van der Waals surface area contributed by atoms with Crippen LogP contribution in [0.4, 0.5) is 5.82 Å². The van der Waals surface area contributed by atoms with Crippen LogP contribution < -0.4 is 10.6 Å². The van der Waals surface area contributed by atoms with Crippen LogP contribution >= 0.6 is 0 Å². The van der Waals surface area contributed by atoms with Crippen LogP contribution in [0.2, 0.25) is 0 Å². The fourth-order valence-electron chi connectivity index (χ4n) is 4.22. The highest BCUT2D eigenvalue weighted by Crippen LogP contribution is 2.31. The number of benzene rings is 2. The molecule has 3 N–H and O–H groups in total. The number of rotatable bonds is 7. The average molecular weight is 504 g/mol. The molecule has 3 heterocycles. The topological polar surface area (TPSA) is 127 Å². The van der Waals surface area contributed by atoms with Gasteiger partial charge in [0.2, 0.25) is 5.91 Å². The number of carbonyl (C=O) groups excluding carboxylic acids is 2. The molecule has 4 aromatic rings. The zero-order chi connectivity index (χ0) is 26.5. The van der Waals surface area contributed by atoms with Crippen LogP contribution in [0.5, 0.6) is 0 Å². The molecule has 0 aliphatic carbocycles. The van der Waals surface area contributed by atoms with Gasteiger partial charge in [0.25, 0.3) is 5.91 Å². The van der Waals surface area contributed by atoms with Gasteiger partial charge in [0.05, 0.1) is 11.5 Å². The number of fused-ring (bicyclic) bond motifs is 1. The molecule has 0 unspecified atom stereocenters. The molecular formula is C29H25N7O2. The maximum Gasteiger partial charge on any atom is 0.278 e. The van der Waals surface area contributed by atoms with Gasteiger partial charge in [0.15, 0.2) is 5.82 Å². The van der Waals surface area contributed by atoms with E-state index in [4.69, 9.17) is 4.98 Å². The number of nitriles is 1. The molecular weight excluding hydrogens is 478 g/mol. The molecule has 1 aliphatic heterocycles. The SMILES string of the molecule is CC(=O)NCCNc1nc(-c2ccccc2)nc2[nH]c(C(=O)N3C=CC(C#N)(c4ccccc4)C=C3)cc12. The summed E-state index contributed by atoms with van der Waals surface area (Å²) in [6.45, 7) is 2.33. The number of nitrogens with zero attached hydrogens (tertiary/aromatic N) is 4. The summed E-state index contributed by atoms with van der Waals surface area (Å²) in [7, 11) is 0. The van der Waals surface area contributed by atoms with Crippen molar-refractivity contribution in [1.29, 1.82) is 5.26 Å². The van der Waals surface area contributed by atoms with Crippen molar-refractivity contribution in [3.63, 3.8) is 0 Å². The summed E-state index contributed by atoms with van der Waals surface area (Å²) < 4.78 is 0. The Morgan fingerprint density at radius 1 is 1.00 bits per heavy atom. The van der Waals surface area contributed by atoms with Gasteiger partial charge in [0, 0.05) is 38.0 Å². The van der Waals surface area contributed by atoms with Crippen LogP contribution in [-0.2, 0) is 10.2 Å². The highest BCUT2D eigenvalue weighted by Gasteiger charge is 2.30. The molecule has 0 saturated heterocycles. The van der Waals surface area contributed by atoms with Crippen LogP contribution in [0.25, 0.3) is 22.4 Å². The maximum absolute atomic E-state index is 13.4. The fourth-order valence-corrected chi connectivity index (χ4v) is 4.22. The van der Waals surface area contributed by atoms with Crippen molar-refractivity contribution in [2.24, 2.45) is 0 Å². The minimum absolute atomic E-state index is 0.116. The minimum atomic E-state index is -0.945. The number of carbonyl (C=O) groups is 2. The summed E-state index contributed by atoms with van der Waals surface area (Å²) >= 11 is 0. The van der Waals surface area contributed by atoms with E-state index < -0.39 is 5.41 Å². The van der Waals surface area contributed by atoms with Gasteiger partial charge in [-0.3, -0.25) is 14.5 Å². The summed E-state index contributed by atoms with van der Waals surface area (Å²) in [6, 6.07) is 23.0. The molecule has 0 fully saturated rings. The van der Waals surface area contributed by atoms with Crippen molar-refractivity contribution in [2.75, 3.05) is 18.4 Å². The number of anilines is 1. The predicted molar refractivity (Wildman–Crippen MR) is 145 cm³/mol. The third kappa shape index (κ3) is 4.88. The number of allylic oxidation sites excluding steroid dienone is 2. The molecule has 0 bridgehead atoms. The number of aromatic nitrogens is 3. The van der Waals surface area contributed by atoms with Crippen molar-refractivity contribution in [3.05, 3.63) is 103 Å². The lowest BCUT2D eigenvalue weighted by molar-refractivity contribution is -0.118. The van der Waals surface area contributed by atoms with Crippen LogP contribution in [0.3, 0.4) is 0 Å². The minimum Gasteiger partial charge on any atom is -0.368 e. The van der Waals surface area contributed by atoms with Crippen LogP contribution in [-0.4, -0.2) is 44.8 Å². The summed E-state index contributed by atoms with van der Waals surface area (Å²) in [4.78, 5) is 38.6. The van der Waals surface area contributed by atoms with Gasteiger partial charge in [-0.05, 0) is 23.8 Å². The number of hydrogen-bond donors (Lipinski definition) is 3. The summed E-state index contributed by atoms with van der Waals surface area (Å²) in [6.07, 6.45) is 6.64. The van der Waals surface area contributed by atoms with Crippen molar-refractivity contribution < 1.29 is 9.59 Å². The van der Waals surface area contributed by atoms with Crippen molar-refractivity contribution in [2.45, 2.75) is 12.3 Å². The van der Waals surface area contributed by atoms with Gasteiger partial charge in [0.1, 0.15) is 22.6 Å². The summed E-state index contributed by atoms with van der Waals surface area (Å²) in [5.74, 6) is 0.627. The predicted octanol–water partition coefficient (Wildman–Crippen LogP) is 4.12. The van der Waals surface area contributed by atoms with Gasteiger partial charge < -0.3 is 15.6 Å². The Morgan fingerprint density at radius 3 is 2.34 bits per heavy atom. The first-order valence-corrected chi connectivity index (χ1v) is 12.1. The highest BCUT2D eigenvalue weighted by atomic mass is 16.2. The molecule has 9 nitrogen and oxygen atoms in total. The first-order chi connectivity index (χ1) is 18.5. The standard InChI is InChI=1S/C29H25N7O2/c1-20(37)31-14-15-32-26-23-18-24(33-27(23)35-25(34-26)21-8-4-2-5-9-21)28(38)36-16-12-29(19-30,13-17-36)22-10-6-3-7-11-22/h2-13,16-18H,14-15H2,1H3,(H,31,37)(H2,32,33,34,35). The molecule has 0 atom stereocenters. The zero-order valence-electron chi connectivity index (χ0n) is 20.7. The molecule has 9 heteroatoms. The van der Waals surface area contributed by atoms with E-state index >= 15 is 0 Å². The van der Waals surface area contributed by atoms with E-state index in [-0.39, 0.29) is 11.8 Å². The molecule has 5 rings (SSSR count). The van der Waals surface area contributed by atoms with Crippen LogP contribution in [0, 0.1) is 11.3 Å². The van der Waals surface area contributed by atoms with Gasteiger partial charge in [-0.2, -0.15) is 5.26 Å². The lowest BCUT2D eigenvalue weighted by atomic mass is 9.81. The summed E-state index contributed by atoms with van der Waals surface area (Å²) in [5, 5.41) is 16.5. The lowest BCUT2D eigenvalue weighted by Crippen LogP contribution is -2.28. The number of aromatic amines is 1. The Balaban J connectivity index is 1.45. The van der Waals surface area contributed by atoms with E-state index in [9.17, 15) is 14.9 Å². The van der Waals surface area contributed by atoms with Gasteiger partial charge in [-0.1, -0.05) is 60.7 Å². The number of nitrogens with one attached hydrogen (secondary N) is 3. The quantitative estimate of drug-likeness (QED) is 0.326. The van der Waals surface area contributed by atoms with Gasteiger partial charge in [-0.25, -0.2) is 9.97 Å². The first kappa shape index (κ1) is 24.5.